The van der Waals surface area contributed by atoms with E-state index in [1.165, 1.54) is 16.4 Å². The molecule has 0 aromatic heterocycles. The molecule has 2 saturated heterocycles. The number of amides is 1. The second-order valence-corrected chi connectivity index (χ2v) is 8.28. The number of morpholine rings is 1. The molecule has 0 bridgehead atoms. The summed E-state index contributed by atoms with van der Waals surface area (Å²) in [5, 5.41) is 11.0. The minimum Gasteiger partial charge on any atom is -0.378 e. The smallest absolute Gasteiger partial charge is 0.270 e. The lowest BCUT2D eigenvalue weighted by molar-refractivity contribution is -0.385. The topological polar surface area (TPSA) is 110 Å². The van der Waals surface area contributed by atoms with E-state index in [4.69, 9.17) is 4.74 Å². The highest BCUT2D eigenvalue weighted by molar-refractivity contribution is 7.89. The van der Waals surface area contributed by atoms with E-state index in [1.807, 2.05) is 0 Å². The van der Waals surface area contributed by atoms with Crippen LogP contribution in [0.5, 0.6) is 0 Å². The number of nitro groups is 1. The number of hydrogen-bond donors (Lipinski definition) is 0. The van der Waals surface area contributed by atoms with Crippen LogP contribution >= 0.6 is 0 Å². The molecule has 0 aliphatic carbocycles. The first-order valence-corrected chi connectivity index (χ1v) is 9.90. The van der Waals surface area contributed by atoms with E-state index in [0.29, 0.717) is 44.7 Å². The van der Waals surface area contributed by atoms with Gasteiger partial charge in [-0.2, -0.15) is 4.31 Å². The van der Waals surface area contributed by atoms with E-state index in [9.17, 15) is 23.3 Å². The Morgan fingerprint density at radius 3 is 2.62 bits per heavy atom. The highest BCUT2D eigenvalue weighted by atomic mass is 32.2. The molecule has 9 nitrogen and oxygen atoms in total. The lowest BCUT2D eigenvalue weighted by atomic mass is 10.2. The highest BCUT2D eigenvalue weighted by Crippen LogP contribution is 2.31. The van der Waals surface area contributed by atoms with Crippen molar-refractivity contribution in [3.05, 3.63) is 33.9 Å². The molecule has 2 heterocycles. The maximum atomic E-state index is 13.1. The summed E-state index contributed by atoms with van der Waals surface area (Å²) in [7, 11) is -4.01. The van der Waals surface area contributed by atoms with Crippen molar-refractivity contribution in [2.75, 3.05) is 32.8 Å². The van der Waals surface area contributed by atoms with Crippen molar-refractivity contribution in [2.45, 2.75) is 30.7 Å². The second-order valence-electron chi connectivity index (χ2n) is 6.42. The number of hydrogen-bond acceptors (Lipinski definition) is 6. The summed E-state index contributed by atoms with van der Waals surface area (Å²) in [4.78, 5) is 24.7. The molecule has 1 aromatic rings. The van der Waals surface area contributed by atoms with Crippen LogP contribution < -0.4 is 0 Å². The average molecular weight is 383 g/mol. The van der Waals surface area contributed by atoms with Gasteiger partial charge in [0.15, 0.2) is 0 Å². The van der Waals surface area contributed by atoms with Gasteiger partial charge in [-0.1, -0.05) is 6.07 Å². The van der Waals surface area contributed by atoms with Gasteiger partial charge in [0.05, 0.1) is 23.0 Å². The van der Waals surface area contributed by atoms with Crippen LogP contribution in [-0.2, 0) is 19.6 Å². The molecule has 10 heteroatoms. The number of ether oxygens (including phenoxy) is 1. The number of rotatable bonds is 4. The molecule has 0 spiro atoms. The van der Waals surface area contributed by atoms with Crippen LogP contribution in [0.15, 0.2) is 23.1 Å². The SMILES string of the molecule is Cc1ccc([N+](=O)[O-])cc1S(=O)(=O)N1CCCC1C(=O)N1CCOCC1. The Bertz CT molecular complexity index is 819. The van der Waals surface area contributed by atoms with E-state index in [1.54, 1.807) is 11.8 Å². The molecule has 2 fully saturated rings. The molecule has 2 aliphatic heterocycles. The molecule has 142 valence electrons. The Morgan fingerprint density at radius 1 is 1.27 bits per heavy atom. The molecular weight excluding hydrogens is 362 g/mol. The van der Waals surface area contributed by atoms with Gasteiger partial charge in [0.1, 0.15) is 6.04 Å². The fourth-order valence-corrected chi connectivity index (χ4v) is 5.27. The van der Waals surface area contributed by atoms with Crippen molar-refractivity contribution < 1.29 is 22.9 Å². The van der Waals surface area contributed by atoms with Gasteiger partial charge in [-0.05, 0) is 25.3 Å². The number of nitrogens with zero attached hydrogens (tertiary/aromatic N) is 3. The van der Waals surface area contributed by atoms with E-state index >= 15 is 0 Å². The minimum absolute atomic E-state index is 0.117. The summed E-state index contributed by atoms with van der Waals surface area (Å²) in [6.45, 7) is 3.58. The van der Waals surface area contributed by atoms with E-state index < -0.39 is 21.0 Å². The zero-order chi connectivity index (χ0) is 18.9. The van der Waals surface area contributed by atoms with Gasteiger partial charge in [0.2, 0.25) is 15.9 Å². The van der Waals surface area contributed by atoms with Crippen molar-refractivity contribution in [3.8, 4) is 0 Å². The number of aryl methyl sites for hydroxylation is 1. The summed E-state index contributed by atoms with van der Waals surface area (Å²) in [5.74, 6) is -0.225. The van der Waals surface area contributed by atoms with Gasteiger partial charge in [0.25, 0.3) is 5.69 Å². The fraction of sp³-hybridized carbons (Fsp3) is 0.562. The molecule has 0 N–H and O–H groups in total. The van der Waals surface area contributed by atoms with Crippen LogP contribution in [0.3, 0.4) is 0 Å². The monoisotopic (exact) mass is 383 g/mol. The summed E-state index contributed by atoms with van der Waals surface area (Å²) >= 11 is 0. The first-order chi connectivity index (χ1) is 12.3. The first-order valence-electron chi connectivity index (χ1n) is 8.46. The lowest BCUT2D eigenvalue weighted by Gasteiger charge is -2.32. The third-order valence-electron chi connectivity index (χ3n) is 4.78. The van der Waals surface area contributed by atoms with Gasteiger partial charge in [-0.3, -0.25) is 14.9 Å². The number of nitro benzene ring substituents is 1. The zero-order valence-corrected chi connectivity index (χ0v) is 15.3. The molecule has 3 rings (SSSR count). The number of non-ortho nitro benzene ring substituents is 1. The Morgan fingerprint density at radius 2 is 1.96 bits per heavy atom. The molecule has 0 radical (unpaired) electrons. The van der Waals surface area contributed by atoms with Crippen molar-refractivity contribution in [2.24, 2.45) is 0 Å². The molecule has 0 saturated carbocycles. The van der Waals surface area contributed by atoms with Crippen LogP contribution in [-0.4, -0.2) is 67.3 Å². The van der Waals surface area contributed by atoms with Gasteiger partial charge < -0.3 is 9.64 Å². The molecule has 1 aromatic carbocycles. The Hall–Kier alpha value is -2.04. The Labute approximate surface area is 151 Å². The highest BCUT2D eigenvalue weighted by Gasteiger charge is 2.42. The summed E-state index contributed by atoms with van der Waals surface area (Å²) in [6.07, 6.45) is 1.03. The van der Waals surface area contributed by atoms with Gasteiger partial charge in [-0.15, -0.1) is 0 Å². The maximum Gasteiger partial charge on any atom is 0.270 e. The van der Waals surface area contributed by atoms with Crippen molar-refractivity contribution >= 4 is 21.6 Å². The normalized spacial score (nSPS) is 21.7. The molecule has 1 atom stereocenters. The fourth-order valence-electron chi connectivity index (χ4n) is 3.38. The van der Waals surface area contributed by atoms with Crippen molar-refractivity contribution in [1.29, 1.82) is 0 Å². The minimum atomic E-state index is -4.01. The van der Waals surface area contributed by atoms with E-state index in [-0.39, 0.29) is 23.0 Å². The number of carbonyl (C=O) groups is 1. The molecule has 1 amide bonds. The standard InChI is InChI=1S/C16H21N3O6S/c1-12-4-5-13(19(21)22)11-15(12)26(23,24)18-6-2-3-14(18)16(20)17-7-9-25-10-8-17/h4-5,11,14H,2-3,6-10H2,1H3. The molecule has 1 unspecified atom stereocenters. The molecular formula is C16H21N3O6S. The van der Waals surface area contributed by atoms with Crippen molar-refractivity contribution in [1.82, 2.24) is 9.21 Å². The molecule has 2 aliphatic rings. The van der Waals surface area contributed by atoms with Crippen LogP contribution in [0.1, 0.15) is 18.4 Å². The second kappa shape index (κ2) is 7.29. The van der Waals surface area contributed by atoms with E-state index in [0.717, 1.165) is 6.07 Å². The lowest BCUT2D eigenvalue weighted by Crippen LogP contribution is -2.51. The number of sulfonamides is 1. The molecule has 26 heavy (non-hydrogen) atoms. The Kier molecular flexibility index (Phi) is 5.26. The largest absolute Gasteiger partial charge is 0.378 e. The van der Waals surface area contributed by atoms with Crippen LogP contribution in [0.2, 0.25) is 0 Å². The zero-order valence-electron chi connectivity index (χ0n) is 14.5. The summed E-state index contributed by atoms with van der Waals surface area (Å²) in [6, 6.07) is 2.99. The summed E-state index contributed by atoms with van der Waals surface area (Å²) < 4.78 is 32.7. The third kappa shape index (κ3) is 3.44. The van der Waals surface area contributed by atoms with Gasteiger partial charge in [-0.25, -0.2) is 8.42 Å². The first kappa shape index (κ1) is 18.7. The van der Waals surface area contributed by atoms with Gasteiger partial charge in [0, 0.05) is 31.8 Å². The quantitative estimate of drug-likeness (QED) is 0.565. The van der Waals surface area contributed by atoms with Crippen LogP contribution in [0.25, 0.3) is 0 Å². The van der Waals surface area contributed by atoms with Crippen molar-refractivity contribution in [3.63, 3.8) is 0 Å². The average Bonchev–Trinajstić information content (AvgIpc) is 3.12. The Balaban J connectivity index is 1.92. The summed E-state index contributed by atoms with van der Waals surface area (Å²) in [5.41, 5.74) is 0.129. The predicted octanol–water partition coefficient (Wildman–Crippen LogP) is 0.915. The van der Waals surface area contributed by atoms with Gasteiger partial charge >= 0.3 is 0 Å². The predicted molar refractivity (Wildman–Crippen MR) is 92.1 cm³/mol. The van der Waals surface area contributed by atoms with Crippen LogP contribution in [0, 0.1) is 17.0 Å². The maximum absolute atomic E-state index is 13.1. The number of carbonyl (C=O) groups excluding carboxylic acids is 1. The number of benzene rings is 1. The van der Waals surface area contributed by atoms with E-state index in [2.05, 4.69) is 0 Å². The third-order valence-corrected chi connectivity index (χ3v) is 6.83. The van der Waals surface area contributed by atoms with Crippen LogP contribution in [0.4, 0.5) is 5.69 Å².